The van der Waals surface area contributed by atoms with Crippen molar-refractivity contribution in [2.24, 2.45) is 11.7 Å². The minimum atomic E-state index is -0.575. The second-order valence-corrected chi connectivity index (χ2v) is 9.71. The highest BCUT2D eigenvalue weighted by Gasteiger charge is 2.23. The zero-order valence-electron chi connectivity index (χ0n) is 21.3. The molecule has 0 radical (unpaired) electrons. The number of benzene rings is 1. The lowest BCUT2D eigenvalue weighted by Crippen LogP contribution is -2.31. The summed E-state index contributed by atoms with van der Waals surface area (Å²) in [6.07, 6.45) is 7.09. The molecule has 0 bridgehead atoms. The van der Waals surface area contributed by atoms with E-state index in [0.29, 0.717) is 41.7 Å². The Hall–Kier alpha value is -3.31. The first-order chi connectivity index (χ1) is 17.3. The third-order valence-electron chi connectivity index (χ3n) is 6.57. The number of amides is 2. The lowest BCUT2D eigenvalue weighted by atomic mass is 9.87. The van der Waals surface area contributed by atoms with E-state index in [9.17, 15) is 9.59 Å². The van der Waals surface area contributed by atoms with Gasteiger partial charge in [0, 0.05) is 35.9 Å². The largest absolute Gasteiger partial charge is 0.490 e. The minimum absolute atomic E-state index is 0.0287. The number of pyridine rings is 1. The van der Waals surface area contributed by atoms with Gasteiger partial charge in [0.15, 0.2) is 0 Å². The van der Waals surface area contributed by atoms with Gasteiger partial charge in [-0.1, -0.05) is 11.8 Å². The highest BCUT2D eigenvalue weighted by Crippen LogP contribution is 2.34. The highest BCUT2D eigenvalue weighted by molar-refractivity contribution is 6.03. The Bertz CT molecular complexity index is 1180. The summed E-state index contributed by atoms with van der Waals surface area (Å²) >= 11 is 0. The van der Waals surface area contributed by atoms with E-state index in [4.69, 9.17) is 19.9 Å². The molecule has 2 amide bonds. The van der Waals surface area contributed by atoms with E-state index in [1.54, 1.807) is 18.3 Å². The molecule has 4 rings (SSSR count). The molecule has 1 aliphatic carbocycles. The summed E-state index contributed by atoms with van der Waals surface area (Å²) in [5, 5.41) is 4.32. The Morgan fingerprint density at radius 2 is 1.97 bits per heavy atom. The number of aromatic nitrogens is 1. The number of fused-ring (bicyclic) bond motifs is 1. The number of nitrogens with one attached hydrogen (secondary N) is 1. The summed E-state index contributed by atoms with van der Waals surface area (Å²) in [6.45, 7) is 6.84. The molecule has 8 heteroatoms. The Morgan fingerprint density at radius 3 is 2.61 bits per heavy atom. The minimum Gasteiger partial charge on any atom is -0.490 e. The Morgan fingerprint density at radius 1 is 1.19 bits per heavy atom. The van der Waals surface area contributed by atoms with E-state index in [2.05, 4.69) is 22.1 Å². The predicted molar refractivity (Wildman–Crippen MR) is 137 cm³/mol. The maximum Gasteiger partial charge on any atom is 0.252 e. The van der Waals surface area contributed by atoms with Crippen molar-refractivity contribution in [1.82, 2.24) is 10.3 Å². The maximum absolute atomic E-state index is 12.3. The van der Waals surface area contributed by atoms with Crippen LogP contribution in [0, 0.1) is 17.8 Å². The van der Waals surface area contributed by atoms with Gasteiger partial charge in [0.25, 0.3) is 5.91 Å². The molecule has 3 N–H and O–H groups in total. The molecule has 1 aliphatic heterocycles. The number of hydrogen-bond donors (Lipinski definition) is 2. The first-order valence-electron chi connectivity index (χ1n) is 12.8. The lowest BCUT2D eigenvalue weighted by Gasteiger charge is -2.25. The van der Waals surface area contributed by atoms with E-state index in [1.807, 2.05) is 20.8 Å². The molecule has 1 aromatic heterocycles. The number of nitrogens with zero attached hydrogens (tertiary/aromatic N) is 1. The number of hydrogen-bond acceptors (Lipinski definition) is 6. The summed E-state index contributed by atoms with van der Waals surface area (Å²) in [5.74, 6) is 7.23. The van der Waals surface area contributed by atoms with Crippen molar-refractivity contribution in [3.05, 3.63) is 29.5 Å². The van der Waals surface area contributed by atoms with Crippen LogP contribution in [0.15, 0.2) is 18.3 Å². The monoisotopic (exact) mass is 493 g/mol. The quantitative estimate of drug-likeness (QED) is 0.542. The number of ether oxygens (including phenoxy) is 3. The third-order valence-corrected chi connectivity index (χ3v) is 6.57. The first-order valence-corrected chi connectivity index (χ1v) is 12.8. The van der Waals surface area contributed by atoms with Gasteiger partial charge in [0.05, 0.1) is 29.4 Å². The molecule has 0 unspecified atom stereocenters. The number of carbonyl (C=O) groups is 2. The van der Waals surface area contributed by atoms with Crippen LogP contribution < -0.4 is 20.5 Å². The van der Waals surface area contributed by atoms with Gasteiger partial charge in [-0.05, 0) is 65.0 Å². The molecule has 192 valence electrons. The van der Waals surface area contributed by atoms with Crippen LogP contribution >= 0.6 is 0 Å². The molecule has 36 heavy (non-hydrogen) atoms. The summed E-state index contributed by atoms with van der Waals surface area (Å²) in [4.78, 5) is 28.4. The van der Waals surface area contributed by atoms with Crippen LogP contribution in [0.3, 0.4) is 0 Å². The van der Waals surface area contributed by atoms with Crippen LogP contribution in [0.1, 0.15) is 75.2 Å². The SMILES string of the molecule is CCO[C@H]1CC[C@H](C#Cc2cnc(OC[C@@H]3CCC(=O)N3)c3cc(OC(C)C)c(C(N)=O)cc23)CC1. The van der Waals surface area contributed by atoms with Gasteiger partial charge < -0.3 is 25.3 Å². The zero-order chi connectivity index (χ0) is 25.7. The summed E-state index contributed by atoms with van der Waals surface area (Å²) in [7, 11) is 0. The Kier molecular flexibility index (Phi) is 8.32. The van der Waals surface area contributed by atoms with E-state index >= 15 is 0 Å². The fourth-order valence-electron chi connectivity index (χ4n) is 4.77. The molecule has 2 heterocycles. The average molecular weight is 494 g/mol. The number of nitrogens with two attached hydrogens (primary N) is 1. The van der Waals surface area contributed by atoms with Crippen molar-refractivity contribution in [2.45, 2.75) is 77.5 Å². The van der Waals surface area contributed by atoms with E-state index in [0.717, 1.165) is 44.1 Å². The average Bonchev–Trinajstić information content (AvgIpc) is 3.27. The number of rotatable bonds is 8. The van der Waals surface area contributed by atoms with E-state index < -0.39 is 5.91 Å². The molecule has 1 atom stereocenters. The molecule has 2 aromatic rings. The Balaban J connectivity index is 1.67. The maximum atomic E-state index is 12.3. The molecule has 1 saturated carbocycles. The number of primary amides is 1. The van der Waals surface area contributed by atoms with Gasteiger partial charge in [-0.15, -0.1) is 0 Å². The van der Waals surface area contributed by atoms with E-state index in [-0.39, 0.29) is 29.5 Å². The molecule has 1 saturated heterocycles. The summed E-state index contributed by atoms with van der Waals surface area (Å²) in [6, 6.07) is 3.41. The molecular weight excluding hydrogens is 458 g/mol. The van der Waals surface area contributed by atoms with Crippen molar-refractivity contribution in [2.75, 3.05) is 13.2 Å². The van der Waals surface area contributed by atoms with Gasteiger partial charge >= 0.3 is 0 Å². The van der Waals surface area contributed by atoms with Crippen LogP contribution in [-0.2, 0) is 9.53 Å². The molecule has 2 fully saturated rings. The van der Waals surface area contributed by atoms with Crippen molar-refractivity contribution in [1.29, 1.82) is 0 Å². The molecule has 2 aliphatic rings. The summed E-state index contributed by atoms with van der Waals surface area (Å²) in [5.41, 5.74) is 6.69. The fourth-order valence-corrected chi connectivity index (χ4v) is 4.77. The molecular formula is C28H35N3O5. The van der Waals surface area contributed by atoms with Crippen LogP contribution in [0.2, 0.25) is 0 Å². The standard InChI is InChI=1S/C28H35N3O5/c1-4-34-21-10-6-18(7-11-21)5-8-19-15-30-28(35-16-20-9-12-26(32)31-20)23-14-25(36-17(2)3)24(27(29)33)13-22(19)23/h13-15,17-18,20-21H,4,6-7,9-12,16H2,1-3H3,(H2,29,33)(H,31,32)/t18-,20-,21-/m0/s1. The van der Waals surface area contributed by atoms with Crippen molar-refractivity contribution in [3.63, 3.8) is 0 Å². The van der Waals surface area contributed by atoms with Gasteiger partial charge in [-0.25, -0.2) is 4.98 Å². The third kappa shape index (κ3) is 6.27. The van der Waals surface area contributed by atoms with Gasteiger partial charge in [-0.3, -0.25) is 9.59 Å². The number of carbonyl (C=O) groups excluding carboxylic acids is 2. The Labute approximate surface area is 212 Å². The second-order valence-electron chi connectivity index (χ2n) is 9.71. The van der Waals surface area contributed by atoms with Crippen LogP contribution in [0.5, 0.6) is 11.6 Å². The van der Waals surface area contributed by atoms with Crippen LogP contribution in [0.25, 0.3) is 10.8 Å². The topological polar surface area (TPSA) is 113 Å². The smallest absolute Gasteiger partial charge is 0.252 e. The van der Waals surface area contributed by atoms with Gasteiger partial charge in [0.1, 0.15) is 12.4 Å². The predicted octanol–water partition coefficient (Wildman–Crippen LogP) is 3.73. The zero-order valence-corrected chi connectivity index (χ0v) is 21.3. The summed E-state index contributed by atoms with van der Waals surface area (Å²) < 4.78 is 17.7. The van der Waals surface area contributed by atoms with Crippen LogP contribution in [-0.4, -0.2) is 48.3 Å². The highest BCUT2D eigenvalue weighted by atomic mass is 16.5. The lowest BCUT2D eigenvalue weighted by molar-refractivity contribution is -0.119. The van der Waals surface area contributed by atoms with Gasteiger partial charge in [-0.2, -0.15) is 0 Å². The van der Waals surface area contributed by atoms with Crippen molar-refractivity contribution < 1.29 is 23.8 Å². The molecule has 8 nitrogen and oxygen atoms in total. The van der Waals surface area contributed by atoms with E-state index in [1.165, 1.54) is 0 Å². The van der Waals surface area contributed by atoms with Crippen LogP contribution in [0.4, 0.5) is 0 Å². The van der Waals surface area contributed by atoms with Gasteiger partial charge in [0.2, 0.25) is 11.8 Å². The fraction of sp³-hybridized carbons (Fsp3) is 0.536. The molecule has 0 spiro atoms. The first kappa shape index (κ1) is 25.8. The normalized spacial score (nSPS) is 21.7. The van der Waals surface area contributed by atoms with Crippen molar-refractivity contribution in [3.8, 4) is 23.5 Å². The molecule has 1 aromatic carbocycles. The van der Waals surface area contributed by atoms with Crippen molar-refractivity contribution >= 4 is 22.6 Å². The second kappa shape index (κ2) is 11.6.